The van der Waals surface area contributed by atoms with Crippen LogP contribution in [-0.2, 0) is 0 Å². The Bertz CT molecular complexity index is 1530. The first-order chi connectivity index (χ1) is 16.6. The fourth-order valence-electron chi connectivity index (χ4n) is 5.00. The Morgan fingerprint density at radius 1 is 0.853 bits per heavy atom. The normalized spacial score (nSPS) is 18.5. The average Bonchev–Trinajstić information content (AvgIpc) is 2.85. The molecule has 3 aromatic carbocycles. The number of rotatable bonds is 2. The second-order valence-corrected chi connectivity index (χ2v) is 9.52. The number of fused-ring (bicyclic) bond motifs is 3. The Labute approximate surface area is 206 Å². The predicted molar refractivity (Wildman–Crippen MR) is 137 cm³/mol. The van der Waals surface area contributed by atoms with Gasteiger partial charge in [0.1, 0.15) is 17.1 Å². The van der Waals surface area contributed by atoms with Gasteiger partial charge in [0.15, 0.2) is 0 Å². The smallest absolute Gasteiger partial charge is 0.344 e. The number of hydrogen-bond acceptors (Lipinski definition) is 3. The van der Waals surface area contributed by atoms with E-state index in [1.54, 1.807) is 6.07 Å². The SMILES string of the molecule is O=c1oc2ccccc2c2c1C(c1ccc(Cl)cc1)C1=C(O2)C(=Cc2ccc(Cl)cc2)CCC1. The van der Waals surface area contributed by atoms with Crippen LogP contribution in [0.25, 0.3) is 17.0 Å². The van der Waals surface area contributed by atoms with E-state index in [2.05, 4.69) is 6.08 Å². The van der Waals surface area contributed by atoms with Gasteiger partial charge in [-0.1, -0.05) is 59.6 Å². The summed E-state index contributed by atoms with van der Waals surface area (Å²) < 4.78 is 12.4. The zero-order valence-electron chi connectivity index (χ0n) is 18.2. The van der Waals surface area contributed by atoms with Gasteiger partial charge >= 0.3 is 5.63 Å². The largest absolute Gasteiger partial charge is 0.456 e. The highest BCUT2D eigenvalue weighted by Crippen LogP contribution is 2.50. The number of halogens is 2. The molecule has 5 heteroatoms. The van der Waals surface area contributed by atoms with Crippen LogP contribution in [-0.4, -0.2) is 0 Å². The van der Waals surface area contributed by atoms with Crippen molar-refractivity contribution in [3.8, 4) is 5.75 Å². The molecule has 4 aromatic rings. The monoisotopic (exact) mass is 486 g/mol. The van der Waals surface area contributed by atoms with Gasteiger partial charge in [-0.05, 0) is 84.0 Å². The van der Waals surface area contributed by atoms with Crippen LogP contribution in [0.2, 0.25) is 10.0 Å². The Morgan fingerprint density at radius 2 is 1.56 bits per heavy atom. The van der Waals surface area contributed by atoms with Crippen LogP contribution in [0.1, 0.15) is 41.9 Å². The molecule has 0 spiro atoms. The lowest BCUT2D eigenvalue weighted by atomic mass is 9.76. The predicted octanol–water partition coefficient (Wildman–Crippen LogP) is 8.15. The molecule has 0 radical (unpaired) electrons. The fraction of sp³-hybridized carbons (Fsp3) is 0.138. The van der Waals surface area contributed by atoms with Crippen molar-refractivity contribution in [2.24, 2.45) is 0 Å². The lowest BCUT2D eigenvalue weighted by Gasteiger charge is -2.34. The first-order valence-corrected chi connectivity index (χ1v) is 12.0. The van der Waals surface area contributed by atoms with Crippen LogP contribution in [0.4, 0.5) is 0 Å². The van der Waals surface area contributed by atoms with E-state index in [-0.39, 0.29) is 11.5 Å². The van der Waals surface area contributed by atoms with Gasteiger partial charge in [-0.2, -0.15) is 0 Å². The summed E-state index contributed by atoms with van der Waals surface area (Å²) in [5, 5.41) is 2.15. The molecule has 0 saturated heterocycles. The molecule has 34 heavy (non-hydrogen) atoms. The lowest BCUT2D eigenvalue weighted by molar-refractivity contribution is 0.381. The summed E-state index contributed by atoms with van der Waals surface area (Å²) in [6.45, 7) is 0. The topological polar surface area (TPSA) is 39.4 Å². The second-order valence-electron chi connectivity index (χ2n) is 8.64. The number of para-hydroxylation sites is 1. The van der Waals surface area contributed by atoms with Crippen LogP contribution in [0.5, 0.6) is 5.75 Å². The Balaban J connectivity index is 1.61. The molecule has 3 nitrogen and oxygen atoms in total. The second kappa shape index (κ2) is 8.50. The molecule has 0 bridgehead atoms. The van der Waals surface area contributed by atoms with E-state index < -0.39 is 0 Å². The minimum absolute atomic E-state index is 0.259. The van der Waals surface area contributed by atoms with Crippen LogP contribution >= 0.6 is 23.2 Å². The van der Waals surface area contributed by atoms with Gasteiger partial charge < -0.3 is 9.15 Å². The van der Waals surface area contributed by atoms with E-state index in [1.165, 1.54) is 0 Å². The minimum Gasteiger partial charge on any atom is -0.456 e. The van der Waals surface area contributed by atoms with Crippen molar-refractivity contribution >= 4 is 40.2 Å². The molecule has 168 valence electrons. The molecular formula is C29H20Cl2O3. The van der Waals surface area contributed by atoms with Gasteiger partial charge in [-0.15, -0.1) is 0 Å². The molecule has 0 fully saturated rings. The molecular weight excluding hydrogens is 467 g/mol. The number of ether oxygens (including phenoxy) is 1. The van der Waals surface area contributed by atoms with Crippen LogP contribution in [0, 0.1) is 0 Å². The Hall–Kier alpha value is -3.27. The van der Waals surface area contributed by atoms with Gasteiger partial charge in [0, 0.05) is 16.0 Å². The average molecular weight is 487 g/mol. The van der Waals surface area contributed by atoms with Crippen LogP contribution in [0.3, 0.4) is 0 Å². The highest BCUT2D eigenvalue weighted by Gasteiger charge is 2.37. The third-order valence-electron chi connectivity index (χ3n) is 6.53. The molecule has 2 heterocycles. The maximum absolute atomic E-state index is 13.3. The van der Waals surface area contributed by atoms with Crippen molar-refractivity contribution in [2.75, 3.05) is 0 Å². The molecule has 0 N–H and O–H groups in total. The highest BCUT2D eigenvalue weighted by molar-refractivity contribution is 6.30. The lowest BCUT2D eigenvalue weighted by Crippen LogP contribution is -2.26. The molecule has 6 rings (SSSR count). The summed E-state index contributed by atoms with van der Waals surface area (Å²) in [4.78, 5) is 13.3. The summed E-state index contributed by atoms with van der Waals surface area (Å²) in [5.41, 5.74) is 4.97. The third kappa shape index (κ3) is 3.66. The maximum atomic E-state index is 13.3. The molecule has 1 aliphatic heterocycles. The van der Waals surface area contributed by atoms with E-state index in [4.69, 9.17) is 32.4 Å². The third-order valence-corrected chi connectivity index (χ3v) is 7.03. The van der Waals surface area contributed by atoms with Crippen LogP contribution < -0.4 is 10.4 Å². The number of allylic oxidation sites excluding steroid dienone is 2. The molecule has 1 aromatic heterocycles. The maximum Gasteiger partial charge on any atom is 0.344 e. The summed E-state index contributed by atoms with van der Waals surface area (Å²) >= 11 is 12.3. The fourth-order valence-corrected chi connectivity index (χ4v) is 5.25. The number of benzene rings is 3. The summed E-state index contributed by atoms with van der Waals surface area (Å²) in [5.74, 6) is 1.17. The quantitative estimate of drug-likeness (QED) is 0.268. The van der Waals surface area contributed by atoms with Crippen molar-refractivity contribution in [2.45, 2.75) is 25.2 Å². The summed E-state index contributed by atoms with van der Waals surface area (Å²) in [7, 11) is 0. The molecule has 1 unspecified atom stereocenters. The summed E-state index contributed by atoms with van der Waals surface area (Å²) in [6.07, 6.45) is 4.86. The summed E-state index contributed by atoms with van der Waals surface area (Å²) in [6, 6.07) is 23.0. The molecule has 0 saturated carbocycles. The van der Waals surface area contributed by atoms with Crippen molar-refractivity contribution in [3.05, 3.63) is 127 Å². The van der Waals surface area contributed by atoms with E-state index in [0.717, 1.165) is 52.7 Å². The molecule has 0 amide bonds. The van der Waals surface area contributed by atoms with Gasteiger partial charge in [0.05, 0.1) is 10.9 Å². The van der Waals surface area contributed by atoms with Gasteiger partial charge in [0.2, 0.25) is 0 Å². The zero-order chi connectivity index (χ0) is 23.2. The van der Waals surface area contributed by atoms with Gasteiger partial charge in [-0.25, -0.2) is 4.79 Å². The van der Waals surface area contributed by atoms with Crippen molar-refractivity contribution < 1.29 is 9.15 Å². The van der Waals surface area contributed by atoms with Crippen molar-refractivity contribution in [1.29, 1.82) is 0 Å². The van der Waals surface area contributed by atoms with E-state index in [0.29, 0.717) is 26.9 Å². The van der Waals surface area contributed by atoms with E-state index in [9.17, 15) is 4.79 Å². The standard InChI is InChI=1S/C29H20Cl2O3/c30-20-12-8-17(9-13-20)16-19-4-3-6-23-25(18-10-14-21(31)15-11-18)26-28(34-27(19)23)22-5-1-2-7-24(22)33-29(26)32/h1-2,5,7-16,25H,3-4,6H2. The Kier molecular flexibility index (Phi) is 5.32. The van der Waals surface area contributed by atoms with Gasteiger partial charge in [0.25, 0.3) is 0 Å². The highest BCUT2D eigenvalue weighted by atomic mass is 35.5. The number of hydrogen-bond donors (Lipinski definition) is 0. The molecule has 1 aliphatic carbocycles. The van der Waals surface area contributed by atoms with Gasteiger partial charge in [-0.3, -0.25) is 0 Å². The first kappa shape index (κ1) is 21.3. The van der Waals surface area contributed by atoms with Crippen molar-refractivity contribution in [1.82, 2.24) is 0 Å². The van der Waals surface area contributed by atoms with Crippen molar-refractivity contribution in [3.63, 3.8) is 0 Å². The zero-order valence-corrected chi connectivity index (χ0v) is 19.7. The molecule has 1 atom stereocenters. The van der Waals surface area contributed by atoms with E-state index >= 15 is 0 Å². The minimum atomic E-state index is -0.367. The van der Waals surface area contributed by atoms with E-state index in [1.807, 2.05) is 66.7 Å². The van der Waals surface area contributed by atoms with Crippen LogP contribution in [0.15, 0.2) is 98.9 Å². The molecule has 2 aliphatic rings. The first-order valence-electron chi connectivity index (χ1n) is 11.3. The Morgan fingerprint density at radius 3 is 2.32 bits per heavy atom.